The first-order chi connectivity index (χ1) is 11.6. The van der Waals surface area contributed by atoms with Gasteiger partial charge in [0.15, 0.2) is 6.29 Å². The van der Waals surface area contributed by atoms with Gasteiger partial charge >= 0.3 is 0 Å². The minimum Gasteiger partial charge on any atom is -0.298 e. The number of halogens is 7. The molecule has 132 valence electrons. The summed E-state index contributed by atoms with van der Waals surface area (Å²) in [5, 5.41) is 0. The summed E-state index contributed by atoms with van der Waals surface area (Å²) in [6, 6.07) is 4.23. The second kappa shape index (κ2) is 11.4. The fourth-order valence-electron chi connectivity index (χ4n) is 1.52. The molecule has 2 aromatic rings. The Hall–Kier alpha value is -0.180. The molecule has 0 aliphatic rings. The van der Waals surface area contributed by atoms with Gasteiger partial charge in [0.05, 0.1) is 14.1 Å². The third-order valence-corrected chi connectivity index (χ3v) is 7.26. The average molecular weight is 599 g/mol. The van der Waals surface area contributed by atoms with Crippen molar-refractivity contribution in [2.24, 2.45) is 0 Å². The van der Waals surface area contributed by atoms with Crippen LogP contribution in [0.5, 0.6) is 0 Å². The molecule has 0 spiro atoms. The van der Waals surface area contributed by atoms with Crippen LogP contribution in [0.3, 0.4) is 0 Å². The molecular formula is C16H13Br4F3O. The molecule has 0 radical (unpaired) electrons. The number of carbonyl (C=O) groups excluding carboxylic acids is 1. The molecule has 0 heterocycles. The van der Waals surface area contributed by atoms with Crippen LogP contribution >= 0.6 is 63.7 Å². The van der Waals surface area contributed by atoms with Gasteiger partial charge in [0, 0.05) is 17.9 Å². The maximum atomic E-state index is 13.0. The summed E-state index contributed by atoms with van der Waals surface area (Å²) in [5.41, 5.74) is 1.70. The van der Waals surface area contributed by atoms with Crippen molar-refractivity contribution < 1.29 is 19.3 Å². The molecule has 0 saturated carbocycles. The highest BCUT2D eigenvalue weighted by molar-refractivity contribution is 9.13. The van der Waals surface area contributed by atoms with E-state index in [0.717, 1.165) is 20.1 Å². The Bertz CT molecular complexity index is 719. The van der Waals surface area contributed by atoms with Crippen LogP contribution in [-0.4, -0.2) is 13.4 Å². The van der Waals surface area contributed by atoms with Crippen molar-refractivity contribution >= 4 is 70.0 Å². The van der Waals surface area contributed by atoms with Gasteiger partial charge in [0.25, 0.3) is 0 Å². The molecule has 0 aliphatic heterocycles. The van der Waals surface area contributed by atoms with Gasteiger partial charge in [0.1, 0.15) is 11.6 Å². The Balaban J connectivity index is 0.000000403. The lowest BCUT2D eigenvalue weighted by molar-refractivity contribution is 0.111. The standard InChI is InChI=1S/C8H5Br2FO.C7H5Br2F.CH3F/c1-4-2-6(11)5(3-12)8(10)7(4)9;1-4-2-5(10)3-6(8)7(4)9;1-2/h2-3H,1H3;2-3H,1H3;1H3/i;;1D. The minimum atomic E-state index is -1.00. The van der Waals surface area contributed by atoms with E-state index in [2.05, 4.69) is 63.7 Å². The highest BCUT2D eigenvalue weighted by atomic mass is 79.9. The maximum absolute atomic E-state index is 13.0. The summed E-state index contributed by atoms with van der Waals surface area (Å²) in [7, 11) is -1.00. The smallest absolute Gasteiger partial charge is 0.154 e. The van der Waals surface area contributed by atoms with E-state index in [1.807, 2.05) is 6.92 Å². The van der Waals surface area contributed by atoms with E-state index >= 15 is 0 Å². The van der Waals surface area contributed by atoms with Gasteiger partial charge in [-0.3, -0.25) is 9.18 Å². The van der Waals surface area contributed by atoms with Crippen molar-refractivity contribution in [3.8, 4) is 0 Å². The molecule has 0 bridgehead atoms. The van der Waals surface area contributed by atoms with Crippen LogP contribution < -0.4 is 0 Å². The van der Waals surface area contributed by atoms with Crippen molar-refractivity contribution in [2.45, 2.75) is 13.8 Å². The largest absolute Gasteiger partial charge is 0.298 e. The number of aryl methyl sites for hydroxylation is 2. The zero-order valence-electron chi connectivity index (χ0n) is 13.6. The second-order valence-electron chi connectivity index (χ2n) is 4.35. The molecule has 8 heteroatoms. The van der Waals surface area contributed by atoms with Gasteiger partial charge in [0.2, 0.25) is 0 Å². The van der Waals surface area contributed by atoms with E-state index in [4.69, 9.17) is 1.37 Å². The third kappa shape index (κ3) is 6.61. The summed E-state index contributed by atoms with van der Waals surface area (Å²) in [6.07, 6.45) is 0.490. The van der Waals surface area contributed by atoms with Crippen molar-refractivity contribution in [1.29, 1.82) is 0 Å². The molecule has 0 aliphatic carbocycles. The van der Waals surface area contributed by atoms with Crippen LogP contribution in [0.4, 0.5) is 13.2 Å². The molecule has 0 aromatic heterocycles. The first kappa shape index (κ1) is 21.9. The summed E-state index contributed by atoms with van der Waals surface area (Å²) in [6.45, 7) is 3.60. The molecule has 2 aromatic carbocycles. The fraction of sp³-hybridized carbons (Fsp3) is 0.188. The second-order valence-corrected chi connectivity index (χ2v) is 7.59. The Morgan fingerprint density at radius 2 is 1.46 bits per heavy atom. The molecule has 0 atom stereocenters. The van der Waals surface area contributed by atoms with Crippen LogP contribution in [-0.2, 0) is 0 Å². The molecular weight excluding hydrogens is 585 g/mol. The van der Waals surface area contributed by atoms with Crippen LogP contribution in [0, 0.1) is 25.5 Å². The number of hydrogen-bond acceptors (Lipinski definition) is 1. The van der Waals surface area contributed by atoms with Crippen molar-refractivity contribution in [3.63, 3.8) is 0 Å². The van der Waals surface area contributed by atoms with E-state index < -0.39 is 13.0 Å². The lowest BCUT2D eigenvalue weighted by atomic mass is 10.1. The molecule has 24 heavy (non-hydrogen) atoms. The predicted molar refractivity (Wildman–Crippen MR) is 105 cm³/mol. The molecule has 0 amide bonds. The SMILES string of the molecule is Cc1cc(F)c(C=O)c(Br)c1Br.Cc1cc(F)cc(Br)c1Br.[2H]CF. The number of aldehydes is 1. The quantitative estimate of drug-likeness (QED) is 0.243. The molecule has 0 fully saturated rings. The zero-order valence-corrected chi connectivity index (χ0v) is 18.9. The van der Waals surface area contributed by atoms with E-state index in [0.29, 0.717) is 15.2 Å². The summed E-state index contributed by atoms with van der Waals surface area (Å²) in [5.74, 6) is -0.717. The van der Waals surface area contributed by atoms with E-state index in [1.165, 1.54) is 18.2 Å². The van der Waals surface area contributed by atoms with Crippen molar-refractivity contribution in [1.82, 2.24) is 0 Å². The lowest BCUT2D eigenvalue weighted by Crippen LogP contribution is -1.92. The van der Waals surface area contributed by atoms with Crippen LogP contribution in [0.25, 0.3) is 0 Å². The van der Waals surface area contributed by atoms with Crippen LogP contribution in [0.15, 0.2) is 36.1 Å². The Morgan fingerprint density at radius 3 is 1.92 bits per heavy atom. The molecule has 1 nitrogen and oxygen atoms in total. The van der Waals surface area contributed by atoms with E-state index in [-0.39, 0.29) is 11.4 Å². The molecule has 0 saturated heterocycles. The Labute approximate surface area is 173 Å². The first-order valence-corrected chi connectivity index (χ1v) is 9.33. The summed E-state index contributed by atoms with van der Waals surface area (Å²) in [4.78, 5) is 10.4. The van der Waals surface area contributed by atoms with Crippen molar-refractivity contribution in [3.05, 3.63) is 64.4 Å². The fourth-order valence-corrected chi connectivity index (χ4v) is 3.20. The number of hydrogen-bond donors (Lipinski definition) is 0. The van der Waals surface area contributed by atoms with E-state index in [1.54, 1.807) is 6.92 Å². The normalized spacial score (nSPS) is 9.96. The predicted octanol–water partition coefficient (Wildman–Crippen LogP) is 7.72. The first-order valence-electron chi connectivity index (χ1n) is 6.86. The minimum absolute atomic E-state index is 0.0486. The monoisotopic (exact) mass is 595 g/mol. The van der Waals surface area contributed by atoms with Crippen LogP contribution in [0.1, 0.15) is 22.9 Å². The summed E-state index contributed by atoms with van der Waals surface area (Å²) < 4.78 is 43.9. The van der Waals surface area contributed by atoms with Gasteiger partial charge < -0.3 is 0 Å². The van der Waals surface area contributed by atoms with Gasteiger partial charge in [-0.2, -0.15) is 0 Å². The number of carbonyl (C=O) groups is 1. The third-order valence-electron chi connectivity index (χ3n) is 2.67. The van der Waals surface area contributed by atoms with Gasteiger partial charge in [-0.15, -0.1) is 0 Å². The highest BCUT2D eigenvalue weighted by Crippen LogP contribution is 2.30. The van der Waals surface area contributed by atoms with Crippen LogP contribution in [0.2, 0.25) is 0 Å². The Kier molecular flexibility index (Phi) is 10.4. The highest BCUT2D eigenvalue weighted by Gasteiger charge is 2.11. The Morgan fingerprint density at radius 1 is 0.958 bits per heavy atom. The van der Waals surface area contributed by atoms with Gasteiger partial charge in [-0.1, -0.05) is 0 Å². The topological polar surface area (TPSA) is 17.1 Å². The average Bonchev–Trinajstić information content (AvgIpc) is 2.52. The van der Waals surface area contributed by atoms with Gasteiger partial charge in [-0.05, 0) is 107 Å². The van der Waals surface area contributed by atoms with Crippen molar-refractivity contribution in [2.75, 3.05) is 7.15 Å². The number of rotatable bonds is 1. The molecule has 0 N–H and O–H groups in total. The van der Waals surface area contributed by atoms with E-state index in [9.17, 15) is 18.0 Å². The number of benzene rings is 2. The zero-order chi connectivity index (χ0) is 19.7. The lowest BCUT2D eigenvalue weighted by Gasteiger charge is -2.04. The molecule has 2 rings (SSSR count). The summed E-state index contributed by atoms with van der Waals surface area (Å²) >= 11 is 12.9. The van der Waals surface area contributed by atoms with Gasteiger partial charge in [-0.25, -0.2) is 8.78 Å². The number of alkyl halides is 1. The molecule has 0 unspecified atom stereocenters. The maximum Gasteiger partial charge on any atom is 0.154 e.